The maximum absolute atomic E-state index is 11.6. The number of piperidine rings is 1. The van der Waals surface area contributed by atoms with Gasteiger partial charge in [0.05, 0.1) is 0 Å². The molecule has 2 rings (SSSR count). The summed E-state index contributed by atoms with van der Waals surface area (Å²) in [7, 11) is 0. The van der Waals surface area contributed by atoms with E-state index in [9.17, 15) is 4.79 Å². The first-order valence-electron chi connectivity index (χ1n) is 7.64. The Balaban J connectivity index is 1.89. The van der Waals surface area contributed by atoms with E-state index in [1.165, 1.54) is 18.4 Å². The molecule has 5 heteroatoms. The van der Waals surface area contributed by atoms with Gasteiger partial charge in [-0.25, -0.2) is 0 Å². The topological polar surface area (TPSA) is 58.4 Å². The molecule has 0 spiro atoms. The second-order valence-electron chi connectivity index (χ2n) is 5.59. The Morgan fingerprint density at radius 2 is 2.10 bits per heavy atom. The van der Waals surface area contributed by atoms with Crippen molar-refractivity contribution in [3.05, 3.63) is 34.9 Å². The fourth-order valence-electron chi connectivity index (χ4n) is 2.77. The van der Waals surface area contributed by atoms with Gasteiger partial charge in [-0.3, -0.25) is 9.69 Å². The van der Waals surface area contributed by atoms with E-state index in [0.717, 1.165) is 24.5 Å². The molecular formula is C16H24ClN3O. The number of benzene rings is 1. The first kappa shape index (κ1) is 16.3. The van der Waals surface area contributed by atoms with Gasteiger partial charge >= 0.3 is 0 Å². The quantitative estimate of drug-likeness (QED) is 0.846. The van der Waals surface area contributed by atoms with E-state index in [1.54, 1.807) is 0 Å². The largest absolute Gasteiger partial charge is 0.354 e. The van der Waals surface area contributed by atoms with Crippen molar-refractivity contribution in [2.24, 2.45) is 5.73 Å². The second-order valence-corrected chi connectivity index (χ2v) is 6.03. The normalized spacial score (nSPS) is 19.4. The molecule has 1 amide bonds. The fourth-order valence-corrected chi connectivity index (χ4v) is 2.90. The van der Waals surface area contributed by atoms with Crippen LogP contribution in [-0.2, 0) is 11.3 Å². The number of carbonyl (C=O) groups is 1. The van der Waals surface area contributed by atoms with Gasteiger partial charge in [0.1, 0.15) is 0 Å². The number of hydrogen-bond donors (Lipinski definition) is 2. The standard InChI is InChI=1S/C16H24ClN3O/c17-14-6-4-13(5-7-14)12-20-10-2-1-3-15(20)11-19-16(21)8-9-18/h4-7,15H,1-3,8-12,18H2,(H,19,21). The summed E-state index contributed by atoms with van der Waals surface area (Å²) >= 11 is 5.93. The molecule has 0 saturated carbocycles. The summed E-state index contributed by atoms with van der Waals surface area (Å²) in [4.78, 5) is 14.0. The van der Waals surface area contributed by atoms with Crippen LogP contribution in [0.3, 0.4) is 0 Å². The van der Waals surface area contributed by atoms with Gasteiger partial charge in [0.15, 0.2) is 0 Å². The van der Waals surface area contributed by atoms with Crippen molar-refractivity contribution in [2.45, 2.75) is 38.3 Å². The lowest BCUT2D eigenvalue weighted by Crippen LogP contribution is -2.46. The average molecular weight is 310 g/mol. The van der Waals surface area contributed by atoms with Crippen LogP contribution in [0.5, 0.6) is 0 Å². The summed E-state index contributed by atoms with van der Waals surface area (Å²) in [6, 6.07) is 8.41. The summed E-state index contributed by atoms with van der Waals surface area (Å²) in [5, 5.41) is 3.76. The molecule has 1 fully saturated rings. The molecule has 1 saturated heterocycles. The number of nitrogens with two attached hydrogens (primary N) is 1. The van der Waals surface area contributed by atoms with Crippen LogP contribution in [0.15, 0.2) is 24.3 Å². The van der Waals surface area contributed by atoms with E-state index in [4.69, 9.17) is 17.3 Å². The Labute approximate surface area is 131 Å². The van der Waals surface area contributed by atoms with Crippen LogP contribution in [-0.4, -0.2) is 36.5 Å². The molecule has 0 radical (unpaired) electrons. The van der Waals surface area contributed by atoms with Gasteiger partial charge in [0, 0.05) is 37.1 Å². The molecule has 1 aliphatic rings. The van der Waals surface area contributed by atoms with Crippen molar-refractivity contribution in [3.8, 4) is 0 Å². The molecular weight excluding hydrogens is 286 g/mol. The van der Waals surface area contributed by atoms with Gasteiger partial charge in [-0.15, -0.1) is 0 Å². The van der Waals surface area contributed by atoms with Gasteiger partial charge in [0.2, 0.25) is 5.91 Å². The van der Waals surface area contributed by atoms with Gasteiger partial charge in [-0.1, -0.05) is 30.2 Å². The highest BCUT2D eigenvalue weighted by atomic mass is 35.5. The predicted octanol–water partition coefficient (Wildman–Crippen LogP) is 2.16. The third-order valence-electron chi connectivity index (χ3n) is 3.95. The van der Waals surface area contributed by atoms with Crippen LogP contribution in [0.25, 0.3) is 0 Å². The summed E-state index contributed by atoms with van der Waals surface area (Å²) in [6.07, 6.45) is 4.00. The zero-order valence-corrected chi connectivity index (χ0v) is 13.1. The molecule has 1 unspecified atom stereocenters. The third kappa shape index (κ3) is 5.30. The van der Waals surface area contributed by atoms with Gasteiger partial charge < -0.3 is 11.1 Å². The Kier molecular flexibility index (Phi) is 6.49. The van der Waals surface area contributed by atoms with Crippen LogP contribution >= 0.6 is 11.6 Å². The minimum atomic E-state index is 0.0505. The molecule has 4 nitrogen and oxygen atoms in total. The van der Waals surface area contributed by atoms with Crippen LogP contribution in [0, 0.1) is 0 Å². The highest BCUT2D eigenvalue weighted by Gasteiger charge is 2.22. The lowest BCUT2D eigenvalue weighted by atomic mass is 10.0. The number of halogens is 1. The number of likely N-dealkylation sites (tertiary alicyclic amines) is 1. The van der Waals surface area contributed by atoms with Crippen LogP contribution in [0.1, 0.15) is 31.2 Å². The summed E-state index contributed by atoms with van der Waals surface area (Å²) in [5.74, 6) is 0.0505. The smallest absolute Gasteiger partial charge is 0.221 e. The molecule has 1 atom stereocenters. The van der Waals surface area contributed by atoms with Crippen LogP contribution < -0.4 is 11.1 Å². The van der Waals surface area contributed by atoms with E-state index in [-0.39, 0.29) is 5.91 Å². The van der Waals surface area contributed by atoms with Gasteiger partial charge in [-0.2, -0.15) is 0 Å². The van der Waals surface area contributed by atoms with E-state index in [2.05, 4.69) is 22.3 Å². The van der Waals surface area contributed by atoms with Gasteiger partial charge in [-0.05, 0) is 37.1 Å². The molecule has 21 heavy (non-hydrogen) atoms. The molecule has 116 valence electrons. The molecule has 1 aromatic carbocycles. The van der Waals surface area contributed by atoms with Gasteiger partial charge in [0.25, 0.3) is 0 Å². The summed E-state index contributed by atoms with van der Waals surface area (Å²) in [5.41, 5.74) is 6.66. The van der Waals surface area contributed by atoms with E-state index in [1.807, 2.05) is 12.1 Å². The first-order valence-corrected chi connectivity index (χ1v) is 8.02. The Bertz CT molecular complexity index is 449. The minimum Gasteiger partial charge on any atom is -0.354 e. The minimum absolute atomic E-state index is 0.0505. The van der Waals surface area contributed by atoms with Crippen molar-refractivity contribution in [1.82, 2.24) is 10.2 Å². The lowest BCUT2D eigenvalue weighted by Gasteiger charge is -2.36. The molecule has 1 aliphatic heterocycles. The first-order chi connectivity index (χ1) is 10.2. The van der Waals surface area contributed by atoms with Crippen molar-refractivity contribution in [1.29, 1.82) is 0 Å². The average Bonchev–Trinajstić information content (AvgIpc) is 2.49. The number of hydrogen-bond acceptors (Lipinski definition) is 3. The number of carbonyl (C=O) groups excluding carboxylic acids is 1. The van der Waals surface area contributed by atoms with Crippen LogP contribution in [0.4, 0.5) is 0 Å². The number of nitrogens with zero attached hydrogens (tertiary/aromatic N) is 1. The fraction of sp³-hybridized carbons (Fsp3) is 0.562. The monoisotopic (exact) mass is 309 g/mol. The van der Waals surface area contributed by atoms with Crippen molar-refractivity contribution in [3.63, 3.8) is 0 Å². The SMILES string of the molecule is NCCC(=O)NCC1CCCCN1Cc1ccc(Cl)cc1. The lowest BCUT2D eigenvalue weighted by molar-refractivity contribution is -0.121. The molecule has 1 heterocycles. The molecule has 1 aromatic rings. The maximum Gasteiger partial charge on any atom is 0.221 e. The summed E-state index contributed by atoms with van der Waals surface area (Å²) in [6.45, 7) is 3.12. The number of rotatable bonds is 6. The van der Waals surface area contributed by atoms with E-state index < -0.39 is 0 Å². The highest BCUT2D eigenvalue weighted by Crippen LogP contribution is 2.20. The molecule has 0 aliphatic carbocycles. The van der Waals surface area contributed by atoms with Crippen molar-refractivity contribution < 1.29 is 4.79 Å². The van der Waals surface area contributed by atoms with Crippen molar-refractivity contribution in [2.75, 3.05) is 19.6 Å². The zero-order chi connectivity index (χ0) is 15.1. The number of nitrogens with one attached hydrogen (secondary N) is 1. The third-order valence-corrected chi connectivity index (χ3v) is 4.21. The highest BCUT2D eigenvalue weighted by molar-refractivity contribution is 6.30. The molecule has 0 aromatic heterocycles. The molecule has 0 bridgehead atoms. The maximum atomic E-state index is 11.6. The Morgan fingerprint density at radius 1 is 1.33 bits per heavy atom. The van der Waals surface area contributed by atoms with Crippen molar-refractivity contribution >= 4 is 17.5 Å². The van der Waals surface area contributed by atoms with E-state index >= 15 is 0 Å². The van der Waals surface area contributed by atoms with E-state index in [0.29, 0.717) is 25.6 Å². The van der Waals surface area contributed by atoms with Crippen LogP contribution in [0.2, 0.25) is 5.02 Å². The second kappa shape index (κ2) is 8.37. The molecule has 3 N–H and O–H groups in total. The zero-order valence-electron chi connectivity index (χ0n) is 12.4. The predicted molar refractivity (Wildman–Crippen MR) is 86.2 cm³/mol. The Hall–Kier alpha value is -1.10. The number of amides is 1. The Morgan fingerprint density at radius 3 is 2.81 bits per heavy atom. The summed E-state index contributed by atoms with van der Waals surface area (Å²) < 4.78 is 0.